The van der Waals surface area contributed by atoms with Gasteiger partial charge in [-0.25, -0.2) is 9.59 Å². The van der Waals surface area contributed by atoms with Crippen molar-refractivity contribution in [1.82, 2.24) is 10.2 Å². The third-order valence-electron chi connectivity index (χ3n) is 6.24. The number of ether oxygens (including phenoxy) is 1. The number of benzene rings is 2. The smallest absolute Gasteiger partial charge is 0.411 e. The lowest BCUT2D eigenvalue weighted by Crippen LogP contribution is -2.48. The van der Waals surface area contributed by atoms with Crippen molar-refractivity contribution in [3.05, 3.63) is 71.8 Å². The largest absolute Gasteiger partial charge is 0.480 e. The average Bonchev–Trinajstić information content (AvgIpc) is 3.11. The molecule has 0 bridgehead atoms. The number of hydrogen-bond acceptors (Lipinski definition) is 4. The summed E-state index contributed by atoms with van der Waals surface area (Å²) in [4.78, 5) is 27.3. The number of nitrogens with one attached hydrogen (secondary N) is 1. The van der Waals surface area contributed by atoms with Gasteiger partial charge in [-0.3, -0.25) is 4.90 Å². The van der Waals surface area contributed by atoms with Crippen molar-refractivity contribution < 1.29 is 19.4 Å². The van der Waals surface area contributed by atoms with Crippen LogP contribution in [0.5, 0.6) is 0 Å². The summed E-state index contributed by atoms with van der Waals surface area (Å²) in [5.41, 5.74) is 1.73. The Labute approximate surface area is 196 Å². The van der Waals surface area contributed by atoms with Crippen LogP contribution in [0, 0.1) is 11.3 Å². The Bertz CT molecular complexity index is 924. The lowest BCUT2D eigenvalue weighted by molar-refractivity contribution is -0.144. The van der Waals surface area contributed by atoms with Gasteiger partial charge in [-0.2, -0.15) is 0 Å². The number of carboxylic acid groups (broad SMARTS) is 1. The molecule has 33 heavy (non-hydrogen) atoms. The van der Waals surface area contributed by atoms with Gasteiger partial charge in [-0.1, -0.05) is 81.4 Å². The van der Waals surface area contributed by atoms with Crippen LogP contribution in [-0.4, -0.2) is 46.8 Å². The predicted octanol–water partition coefficient (Wildman–Crippen LogP) is 4.90. The van der Waals surface area contributed by atoms with E-state index in [1.807, 2.05) is 69.3 Å². The highest BCUT2D eigenvalue weighted by Gasteiger charge is 2.58. The minimum absolute atomic E-state index is 0.253. The third kappa shape index (κ3) is 5.74. The standard InChI is InChI=1S/C27H36N2O4/c1-18(2)33-26(32)29-23(20-14-10-7-11-15-20)22(21(27(3,4)5)24(29)25(30)31)28-17-16-19-12-8-6-9-13-19/h6-15,18,21-24,28H,16-17H2,1-5H3,(H,30,31)/t21-,22-,23-,24-/m0/s1. The van der Waals surface area contributed by atoms with Crippen molar-refractivity contribution in [1.29, 1.82) is 0 Å². The highest BCUT2D eigenvalue weighted by atomic mass is 16.6. The minimum atomic E-state index is -1.01. The predicted molar refractivity (Wildman–Crippen MR) is 129 cm³/mol. The third-order valence-corrected chi connectivity index (χ3v) is 6.24. The first kappa shape index (κ1) is 24.8. The van der Waals surface area contributed by atoms with Crippen molar-refractivity contribution in [2.75, 3.05) is 6.54 Å². The van der Waals surface area contributed by atoms with Crippen LogP contribution in [0.4, 0.5) is 4.79 Å². The summed E-state index contributed by atoms with van der Waals surface area (Å²) in [6, 6.07) is 18.1. The molecule has 1 fully saturated rings. The molecule has 1 aliphatic rings. The summed E-state index contributed by atoms with van der Waals surface area (Å²) in [6.45, 7) is 10.3. The maximum absolute atomic E-state index is 13.3. The van der Waals surface area contributed by atoms with E-state index in [0.29, 0.717) is 6.54 Å². The van der Waals surface area contributed by atoms with Gasteiger partial charge in [-0.05, 0) is 43.4 Å². The van der Waals surface area contributed by atoms with Crippen LogP contribution in [0.25, 0.3) is 0 Å². The Balaban J connectivity index is 2.03. The zero-order valence-electron chi connectivity index (χ0n) is 20.2. The monoisotopic (exact) mass is 452 g/mol. The van der Waals surface area contributed by atoms with Gasteiger partial charge in [-0.15, -0.1) is 0 Å². The van der Waals surface area contributed by atoms with Gasteiger partial charge < -0.3 is 15.2 Å². The molecule has 1 heterocycles. The summed E-state index contributed by atoms with van der Waals surface area (Å²) < 4.78 is 5.55. The van der Waals surface area contributed by atoms with Gasteiger partial charge in [0.2, 0.25) is 0 Å². The molecule has 2 aromatic carbocycles. The van der Waals surface area contributed by atoms with E-state index in [-0.39, 0.29) is 23.5 Å². The molecular weight excluding hydrogens is 416 g/mol. The van der Waals surface area contributed by atoms with Gasteiger partial charge in [0, 0.05) is 12.0 Å². The highest BCUT2D eigenvalue weighted by molar-refractivity contribution is 5.82. The maximum atomic E-state index is 13.3. The van der Waals surface area contributed by atoms with Gasteiger partial charge in [0.1, 0.15) is 6.04 Å². The van der Waals surface area contributed by atoms with Crippen LogP contribution in [-0.2, 0) is 16.0 Å². The fraction of sp³-hybridized carbons (Fsp3) is 0.481. The Morgan fingerprint density at radius 3 is 2.12 bits per heavy atom. The quantitative estimate of drug-likeness (QED) is 0.624. The molecule has 6 heteroatoms. The first-order valence-corrected chi connectivity index (χ1v) is 11.6. The molecule has 2 aromatic rings. The Kier molecular flexibility index (Phi) is 7.80. The van der Waals surface area contributed by atoms with Crippen LogP contribution in [0.15, 0.2) is 60.7 Å². The minimum Gasteiger partial charge on any atom is -0.480 e. The normalized spacial score (nSPS) is 23.0. The van der Waals surface area contributed by atoms with Gasteiger partial charge in [0.05, 0.1) is 12.1 Å². The second-order valence-electron chi connectivity index (χ2n) is 10.1. The lowest BCUT2D eigenvalue weighted by Gasteiger charge is -2.35. The van der Waals surface area contributed by atoms with E-state index in [1.165, 1.54) is 10.5 Å². The number of rotatable bonds is 7. The number of amides is 1. The Morgan fingerprint density at radius 2 is 1.61 bits per heavy atom. The molecule has 6 nitrogen and oxygen atoms in total. The number of carbonyl (C=O) groups is 2. The zero-order chi connectivity index (χ0) is 24.2. The second kappa shape index (κ2) is 10.4. The zero-order valence-corrected chi connectivity index (χ0v) is 20.2. The molecule has 4 atom stereocenters. The van der Waals surface area contributed by atoms with Crippen LogP contribution in [0.1, 0.15) is 51.8 Å². The maximum Gasteiger partial charge on any atom is 0.411 e. The lowest BCUT2D eigenvalue weighted by atomic mass is 9.72. The molecule has 0 spiro atoms. The van der Waals surface area contributed by atoms with E-state index >= 15 is 0 Å². The molecular formula is C27H36N2O4. The van der Waals surface area contributed by atoms with E-state index in [2.05, 4.69) is 17.4 Å². The summed E-state index contributed by atoms with van der Waals surface area (Å²) in [6.07, 6.45) is -0.126. The summed E-state index contributed by atoms with van der Waals surface area (Å²) in [5.74, 6) is -1.33. The fourth-order valence-corrected chi connectivity index (χ4v) is 4.97. The first-order chi connectivity index (χ1) is 15.6. The van der Waals surface area contributed by atoms with Gasteiger partial charge in [0.25, 0.3) is 0 Å². The summed E-state index contributed by atoms with van der Waals surface area (Å²) >= 11 is 0. The Morgan fingerprint density at radius 1 is 1.03 bits per heavy atom. The highest BCUT2D eigenvalue weighted by Crippen LogP contribution is 2.48. The van der Waals surface area contributed by atoms with E-state index in [4.69, 9.17) is 4.74 Å². The van der Waals surface area contributed by atoms with Crippen LogP contribution in [0.2, 0.25) is 0 Å². The summed E-state index contributed by atoms with van der Waals surface area (Å²) in [5, 5.41) is 14.0. The van der Waals surface area contributed by atoms with E-state index in [0.717, 1.165) is 12.0 Å². The van der Waals surface area contributed by atoms with Crippen molar-refractivity contribution in [2.24, 2.45) is 11.3 Å². The number of likely N-dealkylation sites (tertiary alicyclic amines) is 1. The molecule has 0 unspecified atom stereocenters. The van der Waals surface area contributed by atoms with E-state index < -0.39 is 24.1 Å². The fourth-order valence-electron chi connectivity index (χ4n) is 4.97. The van der Waals surface area contributed by atoms with E-state index in [9.17, 15) is 14.7 Å². The van der Waals surface area contributed by atoms with E-state index in [1.54, 1.807) is 13.8 Å². The molecule has 178 valence electrons. The molecule has 2 N–H and O–H groups in total. The molecule has 1 saturated heterocycles. The van der Waals surface area contributed by atoms with Crippen LogP contribution < -0.4 is 5.32 Å². The van der Waals surface area contributed by atoms with Crippen molar-refractivity contribution in [2.45, 2.75) is 65.3 Å². The topological polar surface area (TPSA) is 78.9 Å². The molecule has 0 radical (unpaired) electrons. The number of carbonyl (C=O) groups excluding carboxylic acids is 1. The number of hydrogen-bond donors (Lipinski definition) is 2. The molecule has 3 rings (SSSR count). The number of aliphatic carboxylic acids is 1. The second-order valence-corrected chi connectivity index (χ2v) is 10.1. The average molecular weight is 453 g/mol. The van der Waals surface area contributed by atoms with Crippen molar-refractivity contribution >= 4 is 12.1 Å². The Hall–Kier alpha value is -2.86. The SMILES string of the molecule is CC(C)OC(=O)N1[C@H](C(=O)O)[C@@H](C(C)(C)C)[C@H](NCCc2ccccc2)[C@@H]1c1ccccc1. The van der Waals surface area contributed by atoms with Crippen LogP contribution >= 0.6 is 0 Å². The first-order valence-electron chi connectivity index (χ1n) is 11.6. The molecule has 1 amide bonds. The number of nitrogens with zero attached hydrogens (tertiary/aromatic N) is 1. The van der Waals surface area contributed by atoms with Crippen molar-refractivity contribution in [3.63, 3.8) is 0 Å². The molecule has 0 saturated carbocycles. The van der Waals surface area contributed by atoms with Crippen molar-refractivity contribution in [3.8, 4) is 0 Å². The summed E-state index contributed by atoms with van der Waals surface area (Å²) in [7, 11) is 0. The molecule has 0 aromatic heterocycles. The number of carboxylic acids is 1. The molecule has 1 aliphatic heterocycles. The molecule has 0 aliphatic carbocycles. The van der Waals surface area contributed by atoms with Crippen LogP contribution in [0.3, 0.4) is 0 Å². The van der Waals surface area contributed by atoms with Gasteiger partial charge >= 0.3 is 12.1 Å². The van der Waals surface area contributed by atoms with Gasteiger partial charge in [0.15, 0.2) is 0 Å².